The van der Waals surface area contributed by atoms with Gasteiger partial charge < -0.3 is 21.1 Å². The van der Waals surface area contributed by atoms with Gasteiger partial charge >= 0.3 is 0 Å². The minimum atomic E-state index is -0.379. The fraction of sp³-hybridized carbons (Fsp3) is 0.182. The van der Waals surface area contributed by atoms with Crippen LogP contribution in [-0.2, 0) is 17.9 Å². The summed E-state index contributed by atoms with van der Waals surface area (Å²) in [5.74, 6) is 0.361. The molecule has 1 aromatic carbocycles. The fourth-order valence-corrected chi connectivity index (χ4v) is 4.62. The molecule has 3 aromatic heterocycles. The molecule has 11 heteroatoms. The number of anilines is 2. The molecule has 1 aliphatic heterocycles. The minimum Gasteiger partial charge on any atom is -0.473 e. The number of nitrogens with one attached hydrogen (secondary N) is 2. The lowest BCUT2D eigenvalue weighted by atomic mass is 10.1. The first-order valence-electron chi connectivity index (χ1n) is 10.1. The molecule has 0 bridgehead atoms. The van der Waals surface area contributed by atoms with E-state index in [4.69, 9.17) is 22.1 Å². The highest BCUT2D eigenvalue weighted by Gasteiger charge is 2.25. The smallest absolute Gasteiger partial charge is 0.281 e. The van der Waals surface area contributed by atoms with Crippen LogP contribution < -0.4 is 26.7 Å². The van der Waals surface area contributed by atoms with Crippen molar-refractivity contribution in [3.05, 3.63) is 74.6 Å². The number of amides is 1. The molecule has 33 heavy (non-hydrogen) atoms. The summed E-state index contributed by atoms with van der Waals surface area (Å²) < 4.78 is 7.91. The van der Waals surface area contributed by atoms with Gasteiger partial charge in [-0.05, 0) is 35.9 Å². The standard InChI is InChI=1S/C22H19ClN6O3S/c23-13-3-1-12(2-4-13)16-10-32-21-20(28-16)22(31)29(11-26-21)9-19(30)25-8-14-7-15-17(33-14)5-6-18(24)27-15/h1-7,11,16,28H,8-10H2,(H2,24,27)(H,25,30)/t16-/m0/s1. The second kappa shape index (κ2) is 8.72. The Kier molecular flexibility index (Phi) is 5.61. The first-order chi connectivity index (χ1) is 16.0. The third-order valence-corrected chi connectivity index (χ3v) is 6.54. The Morgan fingerprint density at radius 2 is 2.12 bits per heavy atom. The Balaban J connectivity index is 1.27. The van der Waals surface area contributed by atoms with Crippen molar-refractivity contribution in [2.45, 2.75) is 19.1 Å². The molecule has 0 fully saturated rings. The number of carbonyl (C=O) groups excluding carboxylic acids is 1. The Morgan fingerprint density at radius 1 is 1.30 bits per heavy atom. The summed E-state index contributed by atoms with van der Waals surface area (Å²) >= 11 is 7.48. The van der Waals surface area contributed by atoms with E-state index in [1.807, 2.05) is 24.3 Å². The maximum Gasteiger partial charge on any atom is 0.281 e. The summed E-state index contributed by atoms with van der Waals surface area (Å²) in [7, 11) is 0. The van der Waals surface area contributed by atoms with Crippen molar-refractivity contribution in [2.24, 2.45) is 0 Å². The van der Waals surface area contributed by atoms with E-state index < -0.39 is 0 Å². The van der Waals surface area contributed by atoms with Gasteiger partial charge in [0, 0.05) is 9.90 Å². The van der Waals surface area contributed by atoms with Crippen molar-refractivity contribution in [1.29, 1.82) is 0 Å². The molecule has 4 aromatic rings. The number of hydrogen-bond acceptors (Lipinski definition) is 8. The lowest BCUT2D eigenvalue weighted by Crippen LogP contribution is -2.36. The van der Waals surface area contributed by atoms with Gasteiger partial charge in [0.05, 0.1) is 22.8 Å². The summed E-state index contributed by atoms with van der Waals surface area (Å²) in [4.78, 5) is 34.9. The van der Waals surface area contributed by atoms with Gasteiger partial charge in [0.25, 0.3) is 5.56 Å². The molecule has 1 aliphatic rings. The zero-order valence-electron chi connectivity index (χ0n) is 17.2. The molecule has 1 amide bonds. The van der Waals surface area contributed by atoms with Crippen LogP contribution in [0.25, 0.3) is 10.2 Å². The number of fused-ring (bicyclic) bond motifs is 2. The summed E-state index contributed by atoms with van der Waals surface area (Å²) in [5.41, 5.74) is 7.29. The van der Waals surface area contributed by atoms with Gasteiger partial charge in [0.15, 0.2) is 5.69 Å². The molecule has 168 valence electrons. The van der Waals surface area contributed by atoms with Gasteiger partial charge in [-0.25, -0.2) is 9.97 Å². The molecule has 1 atom stereocenters. The molecule has 0 saturated heterocycles. The zero-order chi connectivity index (χ0) is 22.9. The van der Waals surface area contributed by atoms with Crippen LogP contribution in [0.3, 0.4) is 0 Å². The number of nitrogens with two attached hydrogens (primary N) is 1. The Hall–Kier alpha value is -3.63. The van der Waals surface area contributed by atoms with Crippen molar-refractivity contribution >= 4 is 50.6 Å². The molecular formula is C22H19ClN6O3S. The normalized spacial score (nSPS) is 14.9. The molecule has 0 unspecified atom stereocenters. The summed E-state index contributed by atoms with van der Waals surface area (Å²) in [6, 6.07) is 12.6. The lowest BCUT2D eigenvalue weighted by Gasteiger charge is -2.26. The number of rotatable bonds is 5. The molecule has 9 nitrogen and oxygen atoms in total. The number of nitrogen functional groups attached to an aromatic ring is 1. The number of halogens is 1. The average Bonchev–Trinajstić information content (AvgIpc) is 3.22. The number of aromatic nitrogens is 3. The monoisotopic (exact) mass is 482 g/mol. The van der Waals surface area contributed by atoms with Crippen molar-refractivity contribution < 1.29 is 9.53 Å². The largest absolute Gasteiger partial charge is 0.473 e. The number of benzene rings is 1. The number of hydrogen-bond donors (Lipinski definition) is 3. The van der Waals surface area contributed by atoms with E-state index in [-0.39, 0.29) is 35.6 Å². The summed E-state index contributed by atoms with van der Waals surface area (Å²) in [6.07, 6.45) is 1.32. The van der Waals surface area contributed by atoms with Gasteiger partial charge in [0.2, 0.25) is 11.8 Å². The zero-order valence-corrected chi connectivity index (χ0v) is 18.8. The Morgan fingerprint density at radius 3 is 2.94 bits per heavy atom. The summed E-state index contributed by atoms with van der Waals surface area (Å²) in [5, 5.41) is 6.64. The molecular weight excluding hydrogens is 464 g/mol. The number of carbonyl (C=O) groups is 1. The SMILES string of the molecule is Nc1ccc2sc(CNC(=O)Cn3cnc4c(c3=O)N[C@H](c3ccc(Cl)cc3)CO4)cc2n1. The maximum atomic E-state index is 13.0. The fourth-order valence-electron chi connectivity index (χ4n) is 3.55. The molecule has 0 spiro atoms. The predicted molar refractivity (Wildman–Crippen MR) is 128 cm³/mol. The van der Waals surface area contributed by atoms with E-state index in [1.165, 1.54) is 22.2 Å². The van der Waals surface area contributed by atoms with Gasteiger partial charge in [-0.3, -0.25) is 14.2 Å². The van der Waals surface area contributed by atoms with E-state index in [0.717, 1.165) is 20.7 Å². The van der Waals surface area contributed by atoms with Crippen LogP contribution >= 0.6 is 22.9 Å². The Bertz CT molecular complexity index is 1400. The first-order valence-corrected chi connectivity index (χ1v) is 11.3. The van der Waals surface area contributed by atoms with Gasteiger partial charge in [-0.1, -0.05) is 23.7 Å². The van der Waals surface area contributed by atoms with Crippen LogP contribution in [0.2, 0.25) is 5.02 Å². The third kappa shape index (κ3) is 4.48. The second-order valence-corrected chi connectivity index (χ2v) is 9.13. The second-order valence-electron chi connectivity index (χ2n) is 7.53. The van der Waals surface area contributed by atoms with Crippen LogP contribution in [-0.4, -0.2) is 27.0 Å². The number of nitrogens with zero attached hydrogens (tertiary/aromatic N) is 3. The first kappa shape index (κ1) is 21.2. The lowest BCUT2D eigenvalue weighted by molar-refractivity contribution is -0.121. The topological polar surface area (TPSA) is 124 Å². The van der Waals surface area contributed by atoms with Crippen LogP contribution in [0.1, 0.15) is 16.5 Å². The average molecular weight is 483 g/mol. The van der Waals surface area contributed by atoms with E-state index in [0.29, 0.717) is 24.0 Å². The molecule has 4 heterocycles. The van der Waals surface area contributed by atoms with Crippen molar-refractivity contribution in [3.8, 4) is 5.88 Å². The highest BCUT2D eigenvalue weighted by Crippen LogP contribution is 2.29. The molecule has 5 rings (SSSR count). The van der Waals surface area contributed by atoms with Crippen LogP contribution in [0.15, 0.2) is 53.6 Å². The number of thiophene rings is 1. The summed E-state index contributed by atoms with van der Waals surface area (Å²) in [6.45, 7) is 0.483. The van der Waals surface area contributed by atoms with Gasteiger partial charge in [-0.2, -0.15) is 0 Å². The number of ether oxygens (including phenoxy) is 1. The van der Waals surface area contributed by atoms with Crippen LogP contribution in [0, 0.1) is 0 Å². The van der Waals surface area contributed by atoms with E-state index in [2.05, 4.69) is 20.6 Å². The van der Waals surface area contributed by atoms with E-state index in [1.54, 1.807) is 18.2 Å². The van der Waals surface area contributed by atoms with Gasteiger partial charge in [0.1, 0.15) is 25.3 Å². The van der Waals surface area contributed by atoms with E-state index in [9.17, 15) is 9.59 Å². The molecule has 0 aliphatic carbocycles. The number of pyridine rings is 1. The molecule has 0 radical (unpaired) electrons. The van der Waals surface area contributed by atoms with E-state index >= 15 is 0 Å². The van der Waals surface area contributed by atoms with Crippen LogP contribution in [0.4, 0.5) is 11.5 Å². The van der Waals surface area contributed by atoms with Crippen molar-refractivity contribution in [3.63, 3.8) is 0 Å². The van der Waals surface area contributed by atoms with Crippen LogP contribution in [0.5, 0.6) is 5.88 Å². The molecule has 0 saturated carbocycles. The van der Waals surface area contributed by atoms with Crippen molar-refractivity contribution in [1.82, 2.24) is 19.9 Å². The van der Waals surface area contributed by atoms with Crippen molar-refractivity contribution in [2.75, 3.05) is 17.7 Å². The highest BCUT2D eigenvalue weighted by molar-refractivity contribution is 7.19. The highest BCUT2D eigenvalue weighted by atomic mass is 35.5. The Labute approximate surface area is 197 Å². The maximum absolute atomic E-state index is 13.0. The third-order valence-electron chi connectivity index (χ3n) is 5.20. The van der Waals surface area contributed by atoms with Gasteiger partial charge in [-0.15, -0.1) is 11.3 Å². The minimum absolute atomic E-state index is 0.164. The predicted octanol–water partition coefficient (Wildman–Crippen LogP) is 2.95. The molecule has 4 N–H and O–H groups in total. The quantitative estimate of drug-likeness (QED) is 0.399.